The first kappa shape index (κ1) is 16.1. The highest BCUT2D eigenvalue weighted by atomic mass is 16.6. The van der Waals surface area contributed by atoms with Crippen molar-refractivity contribution in [3.05, 3.63) is 16.3 Å². The highest BCUT2D eigenvalue weighted by molar-refractivity contribution is 5.58. The van der Waals surface area contributed by atoms with E-state index in [1.807, 2.05) is 21.0 Å². The molecule has 8 nitrogen and oxygen atoms in total. The normalized spacial score (nSPS) is 10.7. The number of aromatic nitrogens is 2. The smallest absolute Gasteiger partial charge is 0.329 e. The van der Waals surface area contributed by atoms with Crippen molar-refractivity contribution in [1.82, 2.24) is 14.9 Å². The zero-order valence-electron chi connectivity index (χ0n) is 12.5. The fourth-order valence-electron chi connectivity index (χ4n) is 1.75. The molecule has 20 heavy (non-hydrogen) atoms. The van der Waals surface area contributed by atoms with E-state index in [1.165, 1.54) is 6.20 Å². The van der Waals surface area contributed by atoms with Crippen LogP contribution in [0.5, 0.6) is 0 Å². The molecule has 0 atom stereocenters. The highest BCUT2D eigenvalue weighted by Gasteiger charge is 2.20. The third-order valence-electron chi connectivity index (χ3n) is 2.74. The lowest BCUT2D eigenvalue weighted by atomic mass is 10.3. The van der Waals surface area contributed by atoms with Gasteiger partial charge in [-0.1, -0.05) is 0 Å². The van der Waals surface area contributed by atoms with Crippen LogP contribution in [0.1, 0.15) is 13.3 Å². The van der Waals surface area contributed by atoms with E-state index in [4.69, 9.17) is 0 Å². The van der Waals surface area contributed by atoms with Gasteiger partial charge in [0.05, 0.1) is 4.92 Å². The van der Waals surface area contributed by atoms with E-state index in [1.54, 1.807) is 11.9 Å². The van der Waals surface area contributed by atoms with Gasteiger partial charge in [-0.3, -0.25) is 10.1 Å². The largest absolute Gasteiger partial charge is 0.354 e. The first-order valence-electron chi connectivity index (χ1n) is 6.56. The molecule has 0 aromatic carbocycles. The second kappa shape index (κ2) is 7.59. The third kappa shape index (κ3) is 4.61. The fraction of sp³-hybridized carbons (Fsp3) is 0.667. The van der Waals surface area contributed by atoms with Crippen LogP contribution in [0.25, 0.3) is 0 Å². The summed E-state index contributed by atoms with van der Waals surface area (Å²) in [6, 6.07) is 0. The van der Waals surface area contributed by atoms with Crippen LogP contribution >= 0.6 is 0 Å². The van der Waals surface area contributed by atoms with E-state index in [2.05, 4.69) is 20.2 Å². The lowest BCUT2D eigenvalue weighted by Gasteiger charge is -2.19. The molecular weight excluding hydrogens is 260 g/mol. The first-order chi connectivity index (χ1) is 9.45. The molecule has 112 valence electrons. The predicted octanol–water partition coefficient (Wildman–Crippen LogP) is 1.20. The molecular formula is C12H22N6O2. The minimum atomic E-state index is -0.451. The van der Waals surface area contributed by atoms with Gasteiger partial charge in [-0.15, -0.1) is 0 Å². The van der Waals surface area contributed by atoms with Crippen LogP contribution in [0.4, 0.5) is 17.5 Å². The molecule has 1 rings (SSSR count). The Morgan fingerprint density at radius 2 is 2.05 bits per heavy atom. The van der Waals surface area contributed by atoms with E-state index in [0.717, 1.165) is 13.0 Å². The molecule has 1 N–H and O–H groups in total. The van der Waals surface area contributed by atoms with E-state index in [0.29, 0.717) is 24.9 Å². The second-order valence-electron chi connectivity index (χ2n) is 4.77. The van der Waals surface area contributed by atoms with Crippen molar-refractivity contribution < 1.29 is 4.92 Å². The van der Waals surface area contributed by atoms with Crippen LogP contribution in [0.2, 0.25) is 0 Å². The molecule has 0 saturated heterocycles. The van der Waals surface area contributed by atoms with E-state index >= 15 is 0 Å². The van der Waals surface area contributed by atoms with Crippen molar-refractivity contribution in [2.24, 2.45) is 0 Å². The summed E-state index contributed by atoms with van der Waals surface area (Å²) >= 11 is 0. The van der Waals surface area contributed by atoms with Gasteiger partial charge in [0.2, 0.25) is 11.8 Å². The lowest BCUT2D eigenvalue weighted by molar-refractivity contribution is -0.384. The molecule has 0 aliphatic carbocycles. The highest BCUT2D eigenvalue weighted by Crippen LogP contribution is 2.25. The summed E-state index contributed by atoms with van der Waals surface area (Å²) in [4.78, 5) is 22.6. The summed E-state index contributed by atoms with van der Waals surface area (Å²) in [6.07, 6.45) is 2.16. The quantitative estimate of drug-likeness (QED) is 0.566. The Morgan fingerprint density at radius 3 is 2.60 bits per heavy atom. The Labute approximate surface area is 119 Å². The maximum absolute atomic E-state index is 11.0. The predicted molar refractivity (Wildman–Crippen MR) is 79.3 cm³/mol. The summed E-state index contributed by atoms with van der Waals surface area (Å²) < 4.78 is 0. The molecule has 1 aromatic rings. The molecule has 1 aromatic heterocycles. The van der Waals surface area contributed by atoms with E-state index in [-0.39, 0.29) is 5.69 Å². The van der Waals surface area contributed by atoms with Crippen molar-refractivity contribution in [1.29, 1.82) is 0 Å². The molecule has 0 saturated carbocycles. The number of hydrogen-bond acceptors (Lipinski definition) is 7. The monoisotopic (exact) mass is 282 g/mol. The number of hydrogen-bond donors (Lipinski definition) is 1. The topological polar surface area (TPSA) is 87.4 Å². The lowest BCUT2D eigenvalue weighted by Crippen LogP contribution is -2.25. The van der Waals surface area contributed by atoms with Gasteiger partial charge in [0, 0.05) is 20.1 Å². The average molecular weight is 282 g/mol. The number of anilines is 2. The minimum absolute atomic E-state index is 0.0704. The van der Waals surface area contributed by atoms with Crippen molar-refractivity contribution in [2.75, 3.05) is 51.0 Å². The van der Waals surface area contributed by atoms with Gasteiger partial charge in [0.15, 0.2) is 0 Å². The summed E-state index contributed by atoms with van der Waals surface area (Å²) in [5.74, 6) is 0.757. The van der Waals surface area contributed by atoms with Gasteiger partial charge in [-0.2, -0.15) is 4.98 Å². The van der Waals surface area contributed by atoms with Gasteiger partial charge in [-0.25, -0.2) is 4.98 Å². The number of nitrogens with zero attached hydrogens (tertiary/aromatic N) is 5. The van der Waals surface area contributed by atoms with Crippen molar-refractivity contribution >= 4 is 17.5 Å². The van der Waals surface area contributed by atoms with Crippen LogP contribution in [0.15, 0.2) is 6.20 Å². The van der Waals surface area contributed by atoms with Crippen LogP contribution in [0, 0.1) is 10.1 Å². The number of nitrogens with one attached hydrogen (secondary N) is 1. The number of nitro groups is 1. The molecule has 0 radical (unpaired) electrons. The Balaban J connectivity index is 2.87. The van der Waals surface area contributed by atoms with Crippen molar-refractivity contribution in [3.8, 4) is 0 Å². The average Bonchev–Trinajstić information content (AvgIpc) is 2.38. The Hall–Kier alpha value is -1.96. The van der Waals surface area contributed by atoms with Crippen LogP contribution in [0.3, 0.4) is 0 Å². The molecule has 0 unspecified atom stereocenters. The van der Waals surface area contributed by atoms with E-state index < -0.39 is 4.92 Å². The Kier molecular flexibility index (Phi) is 6.10. The van der Waals surface area contributed by atoms with Crippen LogP contribution in [-0.2, 0) is 0 Å². The van der Waals surface area contributed by atoms with Gasteiger partial charge in [0.1, 0.15) is 6.20 Å². The van der Waals surface area contributed by atoms with Gasteiger partial charge in [0.25, 0.3) is 0 Å². The first-order valence-corrected chi connectivity index (χ1v) is 6.56. The number of rotatable bonds is 8. The fourth-order valence-corrected chi connectivity index (χ4v) is 1.75. The molecule has 0 bridgehead atoms. The zero-order valence-corrected chi connectivity index (χ0v) is 12.5. The van der Waals surface area contributed by atoms with Gasteiger partial charge < -0.3 is 15.1 Å². The summed E-state index contributed by atoms with van der Waals surface area (Å²) in [7, 11) is 5.80. The summed E-state index contributed by atoms with van der Waals surface area (Å²) in [5, 5.41) is 14.0. The molecule has 0 spiro atoms. The SMILES string of the molecule is CCNc1ncc([N+](=O)[O-])c(N(C)CCCN(C)C)n1. The van der Waals surface area contributed by atoms with Gasteiger partial charge >= 0.3 is 5.69 Å². The van der Waals surface area contributed by atoms with E-state index in [9.17, 15) is 10.1 Å². The van der Waals surface area contributed by atoms with Gasteiger partial charge in [-0.05, 0) is 34.0 Å². The molecule has 0 aliphatic rings. The Morgan fingerprint density at radius 1 is 1.35 bits per heavy atom. The summed E-state index contributed by atoms with van der Waals surface area (Å²) in [6.45, 7) is 4.21. The minimum Gasteiger partial charge on any atom is -0.354 e. The van der Waals surface area contributed by atoms with Crippen LogP contribution < -0.4 is 10.2 Å². The van der Waals surface area contributed by atoms with Crippen molar-refractivity contribution in [2.45, 2.75) is 13.3 Å². The maximum atomic E-state index is 11.0. The standard InChI is InChI=1S/C12H22N6O2/c1-5-13-12-14-9-10(18(19)20)11(15-12)17(4)8-6-7-16(2)3/h9H,5-8H2,1-4H3,(H,13,14,15). The Bertz CT molecular complexity index is 452. The summed E-state index contributed by atoms with van der Waals surface area (Å²) in [5.41, 5.74) is -0.0704. The molecule has 0 fully saturated rings. The molecule has 0 amide bonds. The second-order valence-corrected chi connectivity index (χ2v) is 4.77. The van der Waals surface area contributed by atoms with Crippen molar-refractivity contribution in [3.63, 3.8) is 0 Å². The molecule has 1 heterocycles. The third-order valence-corrected chi connectivity index (χ3v) is 2.74. The molecule has 0 aliphatic heterocycles. The maximum Gasteiger partial charge on any atom is 0.329 e. The zero-order chi connectivity index (χ0) is 15.1. The molecule has 8 heteroatoms. The van der Waals surface area contributed by atoms with Crippen LogP contribution in [-0.4, -0.2) is 60.6 Å².